The van der Waals surface area contributed by atoms with E-state index in [4.69, 9.17) is 23.2 Å². The van der Waals surface area contributed by atoms with E-state index < -0.39 is 0 Å². The first kappa shape index (κ1) is 16.9. The standard InChI is InChI=1S/C16H24Cl2N2O/c1-20(2)16(6-4-3-5-7-16)11-19-10-12-8-13(17)9-14(18)15(12)21/h8-9,19,21H,3-7,10-11H2,1-2H3. The number of likely N-dealkylation sites (N-methyl/N-ethyl adjacent to an activating group) is 1. The molecule has 2 N–H and O–H groups in total. The van der Waals surface area contributed by atoms with Crippen LogP contribution in [0.25, 0.3) is 0 Å². The quantitative estimate of drug-likeness (QED) is 0.854. The largest absolute Gasteiger partial charge is 0.506 e. The molecular formula is C16H24Cl2N2O. The molecule has 0 aromatic heterocycles. The average molecular weight is 331 g/mol. The van der Waals surface area contributed by atoms with Crippen LogP contribution in [0.3, 0.4) is 0 Å². The Morgan fingerprint density at radius 1 is 1.19 bits per heavy atom. The van der Waals surface area contributed by atoms with E-state index >= 15 is 0 Å². The fourth-order valence-electron chi connectivity index (χ4n) is 3.18. The number of benzene rings is 1. The summed E-state index contributed by atoms with van der Waals surface area (Å²) in [5, 5.41) is 14.3. The van der Waals surface area contributed by atoms with Gasteiger partial charge in [0.2, 0.25) is 0 Å². The summed E-state index contributed by atoms with van der Waals surface area (Å²) < 4.78 is 0. The van der Waals surface area contributed by atoms with E-state index in [-0.39, 0.29) is 11.3 Å². The van der Waals surface area contributed by atoms with Crippen LogP contribution in [0.1, 0.15) is 37.7 Å². The molecule has 0 spiro atoms. The summed E-state index contributed by atoms with van der Waals surface area (Å²) in [6.07, 6.45) is 6.34. The fraction of sp³-hybridized carbons (Fsp3) is 0.625. The lowest BCUT2D eigenvalue weighted by Gasteiger charge is -2.43. The van der Waals surface area contributed by atoms with Gasteiger partial charge >= 0.3 is 0 Å². The van der Waals surface area contributed by atoms with Gasteiger partial charge in [-0.1, -0.05) is 42.5 Å². The van der Waals surface area contributed by atoms with Crippen LogP contribution in [0, 0.1) is 0 Å². The first-order valence-corrected chi connectivity index (χ1v) is 8.25. The van der Waals surface area contributed by atoms with Gasteiger partial charge in [-0.3, -0.25) is 0 Å². The second kappa shape index (κ2) is 7.19. The topological polar surface area (TPSA) is 35.5 Å². The number of aromatic hydroxyl groups is 1. The van der Waals surface area contributed by atoms with Gasteiger partial charge in [-0.2, -0.15) is 0 Å². The third kappa shape index (κ3) is 4.04. The van der Waals surface area contributed by atoms with E-state index in [0.29, 0.717) is 16.6 Å². The highest BCUT2D eigenvalue weighted by Crippen LogP contribution is 2.33. The summed E-state index contributed by atoms with van der Waals surface area (Å²) in [5.41, 5.74) is 0.966. The molecule has 0 aliphatic heterocycles. The molecule has 1 aromatic carbocycles. The van der Waals surface area contributed by atoms with Crippen LogP contribution in [0.4, 0.5) is 0 Å². The van der Waals surface area contributed by atoms with Gasteiger partial charge in [-0.15, -0.1) is 0 Å². The molecule has 0 atom stereocenters. The van der Waals surface area contributed by atoms with Gasteiger partial charge in [-0.05, 0) is 39.1 Å². The van der Waals surface area contributed by atoms with Crippen molar-refractivity contribution in [3.05, 3.63) is 27.7 Å². The van der Waals surface area contributed by atoms with E-state index in [1.807, 2.05) is 0 Å². The highest BCUT2D eigenvalue weighted by atomic mass is 35.5. The monoisotopic (exact) mass is 330 g/mol. The Labute approximate surface area is 137 Å². The van der Waals surface area contributed by atoms with Crippen LogP contribution in [0.15, 0.2) is 12.1 Å². The highest BCUT2D eigenvalue weighted by Gasteiger charge is 2.33. The normalized spacial score (nSPS) is 18.1. The highest BCUT2D eigenvalue weighted by molar-refractivity contribution is 6.35. The van der Waals surface area contributed by atoms with Crippen LogP contribution < -0.4 is 5.32 Å². The van der Waals surface area contributed by atoms with Gasteiger partial charge in [0.1, 0.15) is 5.75 Å². The van der Waals surface area contributed by atoms with E-state index in [9.17, 15) is 5.11 Å². The SMILES string of the molecule is CN(C)C1(CNCc2cc(Cl)cc(Cl)c2O)CCCCC1. The molecule has 2 rings (SSSR count). The number of phenolic OH excluding ortho intramolecular Hbond substituents is 1. The van der Waals surface area contributed by atoms with Crippen molar-refractivity contribution in [1.29, 1.82) is 0 Å². The lowest BCUT2D eigenvalue weighted by Crippen LogP contribution is -2.52. The Bertz CT molecular complexity index is 485. The Morgan fingerprint density at radius 2 is 1.86 bits per heavy atom. The molecule has 21 heavy (non-hydrogen) atoms. The molecule has 0 heterocycles. The molecule has 1 saturated carbocycles. The van der Waals surface area contributed by atoms with Crippen LogP contribution in [0.2, 0.25) is 10.0 Å². The zero-order valence-electron chi connectivity index (χ0n) is 12.8. The molecule has 0 bridgehead atoms. The molecule has 1 aromatic rings. The van der Waals surface area contributed by atoms with Gasteiger partial charge in [0.05, 0.1) is 5.02 Å². The molecular weight excluding hydrogens is 307 g/mol. The van der Waals surface area contributed by atoms with Crippen LogP contribution in [-0.2, 0) is 6.54 Å². The third-order valence-corrected chi connectivity index (χ3v) is 5.12. The fourth-order valence-corrected chi connectivity index (χ4v) is 3.71. The van der Waals surface area contributed by atoms with E-state index in [2.05, 4.69) is 24.3 Å². The van der Waals surface area contributed by atoms with Gasteiger partial charge < -0.3 is 15.3 Å². The lowest BCUT2D eigenvalue weighted by molar-refractivity contribution is 0.0983. The predicted molar refractivity (Wildman–Crippen MR) is 89.3 cm³/mol. The van der Waals surface area contributed by atoms with Crippen LogP contribution >= 0.6 is 23.2 Å². The van der Waals surface area contributed by atoms with Crippen molar-refractivity contribution < 1.29 is 5.11 Å². The van der Waals surface area contributed by atoms with Crippen molar-refractivity contribution in [3.63, 3.8) is 0 Å². The smallest absolute Gasteiger partial charge is 0.138 e. The van der Waals surface area contributed by atoms with Crippen molar-refractivity contribution in [2.75, 3.05) is 20.6 Å². The molecule has 5 heteroatoms. The molecule has 1 aliphatic rings. The van der Waals surface area contributed by atoms with Crippen molar-refractivity contribution >= 4 is 23.2 Å². The Morgan fingerprint density at radius 3 is 2.48 bits per heavy atom. The molecule has 1 fully saturated rings. The van der Waals surface area contributed by atoms with E-state index in [1.54, 1.807) is 12.1 Å². The van der Waals surface area contributed by atoms with Gasteiger partial charge in [0.25, 0.3) is 0 Å². The molecule has 118 valence electrons. The zero-order valence-corrected chi connectivity index (χ0v) is 14.3. The molecule has 0 radical (unpaired) electrons. The number of rotatable bonds is 5. The van der Waals surface area contributed by atoms with E-state index in [0.717, 1.165) is 12.1 Å². The minimum Gasteiger partial charge on any atom is -0.506 e. The summed E-state index contributed by atoms with van der Waals surface area (Å²) in [4.78, 5) is 2.34. The van der Waals surface area contributed by atoms with Crippen molar-refractivity contribution in [2.45, 2.75) is 44.2 Å². The molecule has 3 nitrogen and oxygen atoms in total. The zero-order chi connectivity index (χ0) is 15.5. The average Bonchev–Trinajstić information content (AvgIpc) is 2.45. The van der Waals surface area contributed by atoms with Crippen molar-refractivity contribution in [2.24, 2.45) is 0 Å². The maximum Gasteiger partial charge on any atom is 0.138 e. The Kier molecular flexibility index (Phi) is 5.78. The maximum absolute atomic E-state index is 9.99. The van der Waals surface area contributed by atoms with Gasteiger partial charge in [0, 0.05) is 29.2 Å². The summed E-state index contributed by atoms with van der Waals surface area (Å²) in [6.45, 7) is 1.48. The number of nitrogens with one attached hydrogen (secondary N) is 1. The first-order chi connectivity index (χ1) is 9.94. The van der Waals surface area contributed by atoms with E-state index in [1.165, 1.54) is 32.1 Å². The number of halogens is 2. The Hall–Kier alpha value is -0.480. The summed E-state index contributed by atoms with van der Waals surface area (Å²) in [7, 11) is 4.31. The van der Waals surface area contributed by atoms with Crippen LogP contribution in [-0.4, -0.2) is 36.2 Å². The number of hydrogen-bond acceptors (Lipinski definition) is 3. The number of phenols is 1. The molecule has 0 unspecified atom stereocenters. The van der Waals surface area contributed by atoms with Crippen molar-refractivity contribution in [1.82, 2.24) is 10.2 Å². The Balaban J connectivity index is 2.00. The molecule has 0 amide bonds. The minimum atomic E-state index is 0.121. The second-order valence-electron chi connectivity index (χ2n) is 6.18. The number of hydrogen-bond donors (Lipinski definition) is 2. The lowest BCUT2D eigenvalue weighted by atomic mass is 9.80. The number of nitrogens with zero attached hydrogens (tertiary/aromatic N) is 1. The predicted octanol–water partition coefficient (Wildman–Crippen LogP) is 4.05. The first-order valence-electron chi connectivity index (χ1n) is 7.50. The van der Waals surface area contributed by atoms with Gasteiger partial charge in [0.15, 0.2) is 0 Å². The summed E-state index contributed by atoms with van der Waals surface area (Å²) in [5.74, 6) is 0.121. The summed E-state index contributed by atoms with van der Waals surface area (Å²) >= 11 is 12.0. The van der Waals surface area contributed by atoms with Gasteiger partial charge in [-0.25, -0.2) is 0 Å². The minimum absolute atomic E-state index is 0.121. The second-order valence-corrected chi connectivity index (χ2v) is 7.02. The molecule has 0 saturated heterocycles. The third-order valence-electron chi connectivity index (χ3n) is 4.61. The molecule has 1 aliphatic carbocycles. The van der Waals surface area contributed by atoms with Crippen LogP contribution in [0.5, 0.6) is 5.75 Å². The maximum atomic E-state index is 9.99. The summed E-state index contributed by atoms with van der Waals surface area (Å²) in [6, 6.07) is 3.32. The van der Waals surface area contributed by atoms with Crippen molar-refractivity contribution in [3.8, 4) is 5.75 Å².